The topological polar surface area (TPSA) is 63.1 Å². The number of likely N-dealkylation sites (N-methyl/N-ethyl adjacent to an activating group) is 2. The van der Waals surface area contributed by atoms with Crippen molar-refractivity contribution < 1.29 is 19.2 Å². The van der Waals surface area contributed by atoms with Crippen molar-refractivity contribution in [3.8, 4) is 5.75 Å². The first-order chi connectivity index (χ1) is 13.1. The molecular weight excluding hydrogens is 342 g/mol. The zero-order valence-electron chi connectivity index (χ0n) is 16.7. The predicted molar refractivity (Wildman–Crippen MR) is 107 cm³/mol. The molecule has 0 aromatic heterocycles. The number of methoxy groups -OCH3 is 1. The number of rotatable bonds is 9. The van der Waals surface area contributed by atoms with Gasteiger partial charge in [-0.3, -0.25) is 9.59 Å². The molecule has 27 heavy (non-hydrogen) atoms. The van der Waals surface area contributed by atoms with E-state index in [0.717, 1.165) is 47.8 Å². The molecule has 1 aliphatic carbocycles. The van der Waals surface area contributed by atoms with Gasteiger partial charge in [0.05, 0.1) is 13.7 Å². The van der Waals surface area contributed by atoms with Crippen LogP contribution in [0.3, 0.4) is 0 Å². The number of quaternary nitrogens is 1. The van der Waals surface area contributed by atoms with Crippen LogP contribution in [0.5, 0.6) is 5.75 Å². The van der Waals surface area contributed by atoms with Crippen molar-refractivity contribution in [3.63, 3.8) is 0 Å². The van der Waals surface area contributed by atoms with Crippen molar-refractivity contribution in [2.45, 2.75) is 39.5 Å². The SMILES string of the molecule is CCN(C(=O)C[NH+](CC)CC(=O)Nc1ccc(OC)cc1)C1=CCCCC1. The molecule has 2 amide bonds. The Hall–Kier alpha value is -2.34. The summed E-state index contributed by atoms with van der Waals surface area (Å²) in [5.41, 5.74) is 1.87. The number of amides is 2. The number of hydrogen-bond donors (Lipinski definition) is 2. The van der Waals surface area contributed by atoms with Gasteiger partial charge in [-0.2, -0.15) is 0 Å². The lowest BCUT2D eigenvalue weighted by atomic mass is 10.0. The molecule has 1 unspecified atom stereocenters. The van der Waals surface area contributed by atoms with Gasteiger partial charge in [-0.25, -0.2) is 0 Å². The Bertz CT molecular complexity index is 655. The van der Waals surface area contributed by atoms with Crippen molar-refractivity contribution in [2.75, 3.05) is 38.6 Å². The number of nitrogens with zero attached hydrogens (tertiary/aromatic N) is 1. The minimum atomic E-state index is -0.0928. The van der Waals surface area contributed by atoms with Crippen molar-refractivity contribution in [1.29, 1.82) is 0 Å². The van der Waals surface area contributed by atoms with Crippen LogP contribution in [0.2, 0.25) is 0 Å². The molecule has 2 N–H and O–H groups in total. The molecule has 148 valence electrons. The molecule has 0 saturated carbocycles. The Morgan fingerprint density at radius 2 is 1.89 bits per heavy atom. The normalized spacial score (nSPS) is 14.9. The largest absolute Gasteiger partial charge is 0.497 e. The van der Waals surface area contributed by atoms with Gasteiger partial charge in [0.1, 0.15) is 5.75 Å². The quantitative estimate of drug-likeness (QED) is 0.693. The van der Waals surface area contributed by atoms with Gasteiger partial charge in [0.25, 0.3) is 11.8 Å². The van der Waals surface area contributed by atoms with Crippen LogP contribution >= 0.6 is 0 Å². The van der Waals surface area contributed by atoms with Gasteiger partial charge in [-0.15, -0.1) is 0 Å². The predicted octanol–water partition coefficient (Wildman–Crippen LogP) is 1.84. The monoisotopic (exact) mass is 374 g/mol. The minimum Gasteiger partial charge on any atom is -0.497 e. The minimum absolute atomic E-state index is 0.0928. The fourth-order valence-corrected chi connectivity index (χ4v) is 3.33. The number of carbonyl (C=O) groups is 2. The number of nitrogens with one attached hydrogen (secondary N) is 2. The second-order valence-corrected chi connectivity index (χ2v) is 6.81. The lowest BCUT2D eigenvalue weighted by Gasteiger charge is -2.28. The summed E-state index contributed by atoms with van der Waals surface area (Å²) in [7, 11) is 1.61. The lowest BCUT2D eigenvalue weighted by molar-refractivity contribution is -0.881. The maximum Gasteiger partial charge on any atom is 0.281 e. The van der Waals surface area contributed by atoms with Crippen molar-refractivity contribution in [2.24, 2.45) is 0 Å². The average molecular weight is 375 g/mol. The van der Waals surface area contributed by atoms with Crippen molar-refractivity contribution in [1.82, 2.24) is 4.90 Å². The van der Waals surface area contributed by atoms with Crippen LogP contribution < -0.4 is 15.0 Å². The molecule has 1 atom stereocenters. The Morgan fingerprint density at radius 1 is 1.15 bits per heavy atom. The maximum atomic E-state index is 12.8. The van der Waals surface area contributed by atoms with E-state index in [4.69, 9.17) is 4.74 Å². The van der Waals surface area contributed by atoms with Gasteiger partial charge >= 0.3 is 0 Å². The third-order valence-electron chi connectivity index (χ3n) is 4.92. The molecule has 0 fully saturated rings. The summed E-state index contributed by atoms with van der Waals surface area (Å²) in [6, 6.07) is 7.23. The highest BCUT2D eigenvalue weighted by atomic mass is 16.5. The molecule has 6 nitrogen and oxygen atoms in total. The molecule has 0 bridgehead atoms. The summed E-state index contributed by atoms with van der Waals surface area (Å²) in [6.45, 7) is 6.01. The summed E-state index contributed by atoms with van der Waals surface area (Å²) in [5.74, 6) is 0.751. The molecule has 2 rings (SSSR count). The average Bonchev–Trinajstić information content (AvgIpc) is 2.69. The summed E-state index contributed by atoms with van der Waals surface area (Å²) in [4.78, 5) is 28.0. The second-order valence-electron chi connectivity index (χ2n) is 6.81. The van der Waals surface area contributed by atoms with E-state index in [1.54, 1.807) is 19.2 Å². The molecule has 0 aliphatic heterocycles. The Balaban J connectivity index is 1.89. The highest BCUT2D eigenvalue weighted by molar-refractivity contribution is 5.91. The molecule has 1 aromatic carbocycles. The van der Waals surface area contributed by atoms with Crippen LogP contribution in [0.15, 0.2) is 36.0 Å². The summed E-state index contributed by atoms with van der Waals surface area (Å²) < 4.78 is 5.12. The summed E-state index contributed by atoms with van der Waals surface area (Å²) in [5, 5.41) is 2.89. The van der Waals surface area contributed by atoms with E-state index in [2.05, 4.69) is 11.4 Å². The van der Waals surface area contributed by atoms with Gasteiger partial charge in [0, 0.05) is 17.9 Å². The standard InChI is InChI=1S/C21H31N3O3/c1-4-23(15-20(25)22-17-11-13-19(27-3)14-12-17)16-21(26)24(5-2)18-9-7-6-8-10-18/h9,11-14H,4-8,10,15-16H2,1-3H3,(H,22,25)/p+1. The zero-order valence-corrected chi connectivity index (χ0v) is 16.7. The first kappa shape index (κ1) is 21.0. The smallest absolute Gasteiger partial charge is 0.281 e. The Kier molecular flexibility index (Phi) is 8.33. The Morgan fingerprint density at radius 3 is 2.44 bits per heavy atom. The third-order valence-corrected chi connectivity index (χ3v) is 4.92. The molecule has 6 heteroatoms. The summed E-state index contributed by atoms with van der Waals surface area (Å²) in [6.07, 6.45) is 6.55. The molecule has 0 saturated heterocycles. The number of ether oxygens (including phenoxy) is 1. The van der Waals surface area contributed by atoms with E-state index < -0.39 is 0 Å². The molecule has 0 spiro atoms. The van der Waals surface area contributed by atoms with Crippen molar-refractivity contribution in [3.05, 3.63) is 36.0 Å². The number of benzene rings is 1. The number of allylic oxidation sites excluding steroid dienone is 2. The van der Waals surface area contributed by atoms with Crippen LogP contribution in [0.1, 0.15) is 39.5 Å². The van der Waals surface area contributed by atoms with Crippen molar-refractivity contribution >= 4 is 17.5 Å². The highest BCUT2D eigenvalue weighted by Crippen LogP contribution is 2.20. The van der Waals surface area contributed by atoms with Gasteiger partial charge < -0.3 is 19.9 Å². The van der Waals surface area contributed by atoms with Crippen LogP contribution in [-0.4, -0.2) is 50.0 Å². The van der Waals surface area contributed by atoms with E-state index >= 15 is 0 Å². The molecule has 0 heterocycles. The van der Waals surface area contributed by atoms with Gasteiger partial charge in [0.15, 0.2) is 13.1 Å². The van der Waals surface area contributed by atoms with Gasteiger partial charge in [-0.1, -0.05) is 6.08 Å². The highest BCUT2D eigenvalue weighted by Gasteiger charge is 2.23. The molecular formula is C21H32N3O3+. The fraction of sp³-hybridized carbons (Fsp3) is 0.524. The number of carbonyl (C=O) groups excluding carboxylic acids is 2. The molecule has 0 radical (unpaired) electrons. The van der Waals surface area contributed by atoms with E-state index in [1.165, 1.54) is 6.42 Å². The van der Waals surface area contributed by atoms with E-state index in [0.29, 0.717) is 13.1 Å². The zero-order chi connectivity index (χ0) is 19.6. The van der Waals surface area contributed by atoms with E-state index in [1.807, 2.05) is 30.9 Å². The lowest BCUT2D eigenvalue weighted by Crippen LogP contribution is -3.13. The van der Waals surface area contributed by atoms with E-state index in [9.17, 15) is 9.59 Å². The van der Waals surface area contributed by atoms with Crippen LogP contribution in [0, 0.1) is 0 Å². The Labute approximate surface area is 162 Å². The van der Waals surface area contributed by atoms with Gasteiger partial charge in [-0.05, 0) is 63.8 Å². The van der Waals surface area contributed by atoms with Gasteiger partial charge in [0.2, 0.25) is 0 Å². The van der Waals surface area contributed by atoms with Crippen LogP contribution in [-0.2, 0) is 9.59 Å². The van der Waals surface area contributed by atoms with E-state index in [-0.39, 0.29) is 18.4 Å². The van der Waals surface area contributed by atoms with Crippen LogP contribution in [0.25, 0.3) is 0 Å². The second kappa shape index (κ2) is 10.7. The first-order valence-corrected chi connectivity index (χ1v) is 9.84. The molecule has 1 aromatic rings. The molecule has 1 aliphatic rings. The maximum absolute atomic E-state index is 12.8. The number of hydrogen-bond acceptors (Lipinski definition) is 3. The summed E-state index contributed by atoms with van der Waals surface area (Å²) >= 11 is 0. The third kappa shape index (κ3) is 6.40. The van der Waals surface area contributed by atoms with Crippen LogP contribution in [0.4, 0.5) is 5.69 Å². The number of anilines is 1. The first-order valence-electron chi connectivity index (χ1n) is 9.84. The fourth-order valence-electron chi connectivity index (χ4n) is 3.33.